The fourth-order valence-corrected chi connectivity index (χ4v) is 2.95. The van der Waals surface area contributed by atoms with Crippen LogP contribution in [0.1, 0.15) is 42.3 Å². The first kappa shape index (κ1) is 18.3. The second kappa shape index (κ2) is 7.26. The lowest BCUT2D eigenvalue weighted by molar-refractivity contribution is 0.0694. The Morgan fingerprint density at radius 1 is 1.21 bits per heavy atom. The van der Waals surface area contributed by atoms with Crippen molar-refractivity contribution >= 4 is 21.9 Å². The van der Waals surface area contributed by atoms with E-state index in [0.717, 1.165) is 15.8 Å². The van der Waals surface area contributed by atoms with Gasteiger partial charge in [-0.15, -0.1) is 0 Å². The van der Waals surface area contributed by atoms with E-state index in [1.807, 2.05) is 12.1 Å². The summed E-state index contributed by atoms with van der Waals surface area (Å²) in [5.74, 6) is 0.479. The van der Waals surface area contributed by atoms with Crippen LogP contribution in [0, 0.1) is 0 Å². The van der Waals surface area contributed by atoms with Crippen LogP contribution in [0.25, 0.3) is 0 Å². The maximum Gasteiger partial charge on any atom is 0.336 e. The Morgan fingerprint density at radius 3 is 2.46 bits per heavy atom. The van der Waals surface area contributed by atoms with Gasteiger partial charge in [0.15, 0.2) is 0 Å². The van der Waals surface area contributed by atoms with E-state index < -0.39 is 5.97 Å². The van der Waals surface area contributed by atoms with Crippen LogP contribution in [0.2, 0.25) is 0 Å². The van der Waals surface area contributed by atoms with Crippen molar-refractivity contribution in [2.24, 2.45) is 0 Å². The van der Waals surface area contributed by atoms with Gasteiger partial charge in [0.05, 0.1) is 17.1 Å². The number of hydrogen-bond acceptors (Lipinski definition) is 3. The van der Waals surface area contributed by atoms with Crippen molar-refractivity contribution < 1.29 is 19.4 Å². The van der Waals surface area contributed by atoms with Crippen LogP contribution >= 0.6 is 15.9 Å². The SMILES string of the molecule is COc1cc(Br)c(OCc2ccccc2C(=O)O)c(C(C)(C)C)c1. The molecule has 0 heterocycles. The van der Waals surface area contributed by atoms with Crippen LogP contribution in [0.5, 0.6) is 11.5 Å². The first-order valence-corrected chi connectivity index (χ1v) is 8.35. The highest BCUT2D eigenvalue weighted by Crippen LogP contribution is 2.40. The molecular formula is C19H21BrO4. The second-order valence-corrected chi connectivity index (χ2v) is 7.34. The molecule has 0 aliphatic heterocycles. The van der Waals surface area contributed by atoms with Gasteiger partial charge in [0, 0.05) is 11.1 Å². The van der Waals surface area contributed by atoms with E-state index in [2.05, 4.69) is 36.7 Å². The molecule has 24 heavy (non-hydrogen) atoms. The molecule has 0 fully saturated rings. The molecular weight excluding hydrogens is 372 g/mol. The lowest BCUT2D eigenvalue weighted by atomic mass is 9.86. The van der Waals surface area contributed by atoms with Gasteiger partial charge in [-0.2, -0.15) is 0 Å². The Morgan fingerprint density at radius 2 is 1.88 bits per heavy atom. The Kier molecular flexibility index (Phi) is 5.54. The smallest absolute Gasteiger partial charge is 0.336 e. The van der Waals surface area contributed by atoms with E-state index in [4.69, 9.17) is 9.47 Å². The summed E-state index contributed by atoms with van der Waals surface area (Å²) in [6.45, 7) is 6.45. The van der Waals surface area contributed by atoms with Gasteiger partial charge in [0.25, 0.3) is 0 Å². The lowest BCUT2D eigenvalue weighted by Gasteiger charge is -2.25. The first-order valence-electron chi connectivity index (χ1n) is 7.56. The highest BCUT2D eigenvalue weighted by atomic mass is 79.9. The maximum atomic E-state index is 11.3. The normalized spacial score (nSPS) is 11.2. The minimum Gasteiger partial charge on any atom is -0.497 e. The summed E-state index contributed by atoms with van der Waals surface area (Å²) >= 11 is 3.53. The van der Waals surface area contributed by atoms with E-state index in [-0.39, 0.29) is 17.6 Å². The fraction of sp³-hybridized carbons (Fsp3) is 0.316. The lowest BCUT2D eigenvalue weighted by Crippen LogP contribution is -2.15. The van der Waals surface area contributed by atoms with E-state index in [9.17, 15) is 9.90 Å². The summed E-state index contributed by atoms with van der Waals surface area (Å²) < 4.78 is 12.1. The number of hydrogen-bond donors (Lipinski definition) is 1. The molecule has 128 valence electrons. The average Bonchev–Trinajstić information content (AvgIpc) is 2.52. The standard InChI is InChI=1S/C19H21BrO4/c1-19(2,3)15-9-13(23-4)10-16(20)17(15)24-11-12-7-5-6-8-14(12)18(21)22/h5-10H,11H2,1-4H3,(H,21,22). The van der Waals surface area contributed by atoms with Crippen LogP contribution in [0.4, 0.5) is 0 Å². The molecule has 1 N–H and O–H groups in total. The number of carboxylic acid groups (broad SMARTS) is 1. The zero-order valence-corrected chi connectivity index (χ0v) is 15.8. The van der Waals surface area contributed by atoms with Crippen LogP contribution in [-0.2, 0) is 12.0 Å². The van der Waals surface area contributed by atoms with Gasteiger partial charge in [-0.1, -0.05) is 39.0 Å². The van der Waals surface area contributed by atoms with Crippen molar-refractivity contribution in [2.75, 3.05) is 7.11 Å². The summed E-state index contributed by atoms with van der Waals surface area (Å²) in [4.78, 5) is 11.3. The Labute approximate surface area is 150 Å². The molecule has 0 saturated carbocycles. The Bertz CT molecular complexity index is 748. The zero-order chi connectivity index (χ0) is 17.9. The maximum absolute atomic E-state index is 11.3. The fourth-order valence-electron chi connectivity index (χ4n) is 2.39. The van der Waals surface area contributed by atoms with Crippen molar-refractivity contribution in [3.8, 4) is 11.5 Å². The van der Waals surface area contributed by atoms with Gasteiger partial charge in [-0.05, 0) is 39.5 Å². The Balaban J connectivity index is 2.39. The highest BCUT2D eigenvalue weighted by molar-refractivity contribution is 9.10. The number of aromatic carboxylic acids is 1. The van der Waals surface area contributed by atoms with Crippen molar-refractivity contribution in [1.82, 2.24) is 0 Å². The van der Waals surface area contributed by atoms with Gasteiger partial charge >= 0.3 is 5.97 Å². The molecule has 0 unspecified atom stereocenters. The number of benzene rings is 2. The number of rotatable bonds is 5. The summed E-state index contributed by atoms with van der Waals surface area (Å²) in [6, 6.07) is 10.6. The molecule has 2 aromatic rings. The number of halogens is 1. The van der Waals surface area contributed by atoms with Gasteiger partial charge < -0.3 is 14.6 Å². The monoisotopic (exact) mass is 392 g/mol. The van der Waals surface area contributed by atoms with Crippen molar-refractivity contribution in [3.63, 3.8) is 0 Å². The largest absolute Gasteiger partial charge is 0.497 e. The third-order valence-electron chi connectivity index (χ3n) is 3.68. The molecule has 0 atom stereocenters. The van der Waals surface area contributed by atoms with Crippen molar-refractivity contribution in [3.05, 3.63) is 57.6 Å². The van der Waals surface area contributed by atoms with Crippen LogP contribution in [0.3, 0.4) is 0 Å². The summed E-state index contributed by atoms with van der Waals surface area (Å²) in [7, 11) is 1.62. The molecule has 0 amide bonds. The first-order chi connectivity index (χ1) is 11.2. The number of ether oxygens (including phenoxy) is 2. The minimum absolute atomic E-state index is 0.154. The topological polar surface area (TPSA) is 55.8 Å². The zero-order valence-electron chi connectivity index (χ0n) is 14.2. The molecule has 0 spiro atoms. The van der Waals surface area contributed by atoms with Crippen LogP contribution in [-0.4, -0.2) is 18.2 Å². The molecule has 0 bridgehead atoms. The molecule has 2 rings (SSSR count). The number of methoxy groups -OCH3 is 1. The van der Waals surface area contributed by atoms with Crippen LogP contribution < -0.4 is 9.47 Å². The highest BCUT2D eigenvalue weighted by Gasteiger charge is 2.23. The molecule has 0 aliphatic carbocycles. The summed E-state index contributed by atoms with van der Waals surface area (Å²) in [6.07, 6.45) is 0. The quantitative estimate of drug-likeness (QED) is 0.774. The van der Waals surface area contributed by atoms with Gasteiger partial charge in [-0.25, -0.2) is 4.79 Å². The number of carbonyl (C=O) groups is 1. The molecule has 0 aromatic heterocycles. The third-order valence-corrected chi connectivity index (χ3v) is 4.27. The summed E-state index contributed by atoms with van der Waals surface area (Å²) in [5.41, 5.74) is 1.71. The predicted molar refractivity (Wildman–Crippen MR) is 97.1 cm³/mol. The van der Waals surface area contributed by atoms with Gasteiger partial charge in [0.2, 0.25) is 0 Å². The average molecular weight is 393 g/mol. The van der Waals surface area contributed by atoms with E-state index in [1.165, 1.54) is 0 Å². The Hall–Kier alpha value is -2.01. The predicted octanol–water partition coefficient (Wildman–Crippen LogP) is 5.03. The molecule has 2 aromatic carbocycles. The van der Waals surface area contributed by atoms with Gasteiger partial charge in [-0.3, -0.25) is 0 Å². The van der Waals surface area contributed by atoms with Crippen molar-refractivity contribution in [1.29, 1.82) is 0 Å². The molecule has 0 aliphatic rings. The molecule has 4 nitrogen and oxygen atoms in total. The third kappa shape index (κ3) is 4.09. The van der Waals surface area contributed by atoms with Crippen LogP contribution in [0.15, 0.2) is 40.9 Å². The molecule has 5 heteroatoms. The number of carboxylic acids is 1. The van der Waals surface area contributed by atoms with E-state index in [0.29, 0.717) is 11.3 Å². The molecule has 0 radical (unpaired) electrons. The van der Waals surface area contributed by atoms with E-state index in [1.54, 1.807) is 31.4 Å². The van der Waals surface area contributed by atoms with Gasteiger partial charge in [0.1, 0.15) is 18.1 Å². The minimum atomic E-state index is -0.959. The molecule has 0 saturated heterocycles. The van der Waals surface area contributed by atoms with Crippen molar-refractivity contribution in [2.45, 2.75) is 32.8 Å². The van der Waals surface area contributed by atoms with E-state index >= 15 is 0 Å². The second-order valence-electron chi connectivity index (χ2n) is 6.49. The summed E-state index contributed by atoms with van der Waals surface area (Å²) in [5, 5.41) is 9.29.